The van der Waals surface area contributed by atoms with Crippen molar-refractivity contribution in [1.29, 1.82) is 0 Å². The Hall–Kier alpha value is -3.30. The maximum absolute atomic E-state index is 12.9. The fourth-order valence-electron chi connectivity index (χ4n) is 3.50. The largest absolute Gasteiger partial charge is 0.462 e. The van der Waals surface area contributed by atoms with E-state index in [-0.39, 0.29) is 18.7 Å². The number of fused-ring (bicyclic) bond motifs is 1. The Morgan fingerprint density at radius 2 is 1.88 bits per heavy atom. The minimum Gasteiger partial charge on any atom is -0.462 e. The van der Waals surface area contributed by atoms with Gasteiger partial charge in [-0.2, -0.15) is 0 Å². The summed E-state index contributed by atoms with van der Waals surface area (Å²) in [7, 11) is 0. The first-order valence-corrected chi connectivity index (χ1v) is 12.1. The number of nitrogens with zero attached hydrogens (tertiary/aromatic N) is 2. The van der Waals surface area contributed by atoms with E-state index in [0.29, 0.717) is 26.3 Å². The average molecular weight is 482 g/mol. The van der Waals surface area contributed by atoms with Crippen LogP contribution in [-0.2, 0) is 16.1 Å². The van der Waals surface area contributed by atoms with Gasteiger partial charge in [-0.15, -0.1) is 22.7 Å². The molecule has 9 heteroatoms. The van der Waals surface area contributed by atoms with Crippen molar-refractivity contribution in [3.05, 3.63) is 67.9 Å². The number of carbonyl (C=O) groups is 2. The van der Waals surface area contributed by atoms with Crippen molar-refractivity contribution in [3.8, 4) is 11.1 Å². The van der Waals surface area contributed by atoms with E-state index < -0.39 is 11.9 Å². The monoisotopic (exact) mass is 481 g/mol. The summed E-state index contributed by atoms with van der Waals surface area (Å²) in [6, 6.07) is 7.78. The van der Waals surface area contributed by atoms with Crippen molar-refractivity contribution >= 4 is 49.8 Å². The number of anilines is 1. The van der Waals surface area contributed by atoms with Gasteiger partial charge in [0, 0.05) is 15.8 Å². The highest BCUT2D eigenvalue weighted by Crippen LogP contribution is 2.36. The summed E-state index contributed by atoms with van der Waals surface area (Å²) in [5.41, 5.74) is 3.59. The predicted molar refractivity (Wildman–Crippen MR) is 132 cm³/mol. The molecule has 0 fully saturated rings. The SMILES string of the molecule is CCOC(=O)c1c(-c2ccc(C)cc2)csc1NC(=O)Cn1cnc2sc(C)c(C)c2c1=O. The summed E-state index contributed by atoms with van der Waals surface area (Å²) in [6.45, 7) is 7.55. The molecule has 0 atom stereocenters. The molecule has 0 spiro atoms. The van der Waals surface area contributed by atoms with E-state index in [0.717, 1.165) is 21.6 Å². The van der Waals surface area contributed by atoms with Crippen LogP contribution in [0.25, 0.3) is 21.3 Å². The molecular weight excluding hydrogens is 458 g/mol. The molecular formula is C24H23N3O4S2. The zero-order valence-electron chi connectivity index (χ0n) is 18.7. The van der Waals surface area contributed by atoms with Crippen molar-refractivity contribution < 1.29 is 14.3 Å². The Kier molecular flexibility index (Phi) is 6.44. The quantitative estimate of drug-likeness (QED) is 0.395. The minimum absolute atomic E-state index is 0.212. The first-order chi connectivity index (χ1) is 15.8. The molecule has 0 saturated carbocycles. The Morgan fingerprint density at radius 1 is 1.15 bits per heavy atom. The molecule has 0 bridgehead atoms. The lowest BCUT2D eigenvalue weighted by molar-refractivity contribution is -0.116. The van der Waals surface area contributed by atoms with Gasteiger partial charge in [0.25, 0.3) is 5.56 Å². The first kappa shape index (κ1) is 22.9. The van der Waals surface area contributed by atoms with Gasteiger partial charge in [0.1, 0.15) is 21.9 Å². The van der Waals surface area contributed by atoms with Crippen LogP contribution in [0.1, 0.15) is 33.3 Å². The van der Waals surface area contributed by atoms with E-state index in [1.807, 2.05) is 50.4 Å². The smallest absolute Gasteiger partial charge is 0.341 e. The van der Waals surface area contributed by atoms with Gasteiger partial charge >= 0.3 is 5.97 Å². The lowest BCUT2D eigenvalue weighted by Gasteiger charge is -2.10. The summed E-state index contributed by atoms with van der Waals surface area (Å²) in [5.74, 6) is -0.931. The molecule has 1 aromatic carbocycles. The zero-order valence-corrected chi connectivity index (χ0v) is 20.4. The lowest BCUT2D eigenvalue weighted by atomic mass is 10.0. The number of hydrogen-bond acceptors (Lipinski definition) is 7. The van der Waals surface area contributed by atoms with Crippen LogP contribution in [0.4, 0.5) is 5.00 Å². The van der Waals surface area contributed by atoms with Crippen LogP contribution in [0.3, 0.4) is 0 Å². The lowest BCUT2D eigenvalue weighted by Crippen LogP contribution is -2.28. The third-order valence-corrected chi connectivity index (χ3v) is 7.37. The fraction of sp³-hybridized carbons (Fsp3) is 0.250. The molecule has 0 unspecified atom stereocenters. The second-order valence-electron chi connectivity index (χ2n) is 7.63. The highest BCUT2D eigenvalue weighted by Gasteiger charge is 2.23. The number of nitrogens with one attached hydrogen (secondary N) is 1. The molecule has 0 aliphatic rings. The van der Waals surface area contributed by atoms with E-state index in [4.69, 9.17) is 4.74 Å². The van der Waals surface area contributed by atoms with Gasteiger partial charge < -0.3 is 10.1 Å². The number of carbonyl (C=O) groups excluding carboxylic acids is 2. The van der Waals surface area contributed by atoms with Crippen LogP contribution < -0.4 is 10.9 Å². The summed E-state index contributed by atoms with van der Waals surface area (Å²) in [6.07, 6.45) is 1.39. The van der Waals surface area contributed by atoms with Crippen LogP contribution in [0, 0.1) is 20.8 Å². The summed E-state index contributed by atoms with van der Waals surface area (Å²) < 4.78 is 6.53. The molecule has 0 saturated heterocycles. The van der Waals surface area contributed by atoms with Gasteiger partial charge in [0.05, 0.1) is 18.3 Å². The molecule has 0 radical (unpaired) electrons. The van der Waals surface area contributed by atoms with Gasteiger partial charge in [-0.1, -0.05) is 29.8 Å². The van der Waals surface area contributed by atoms with Crippen LogP contribution >= 0.6 is 22.7 Å². The highest BCUT2D eigenvalue weighted by molar-refractivity contribution is 7.18. The topological polar surface area (TPSA) is 90.3 Å². The van der Waals surface area contributed by atoms with E-state index in [1.165, 1.54) is 33.6 Å². The second-order valence-corrected chi connectivity index (χ2v) is 9.71. The number of rotatable bonds is 6. The van der Waals surface area contributed by atoms with Crippen molar-refractivity contribution in [1.82, 2.24) is 9.55 Å². The number of ether oxygens (including phenoxy) is 1. The second kappa shape index (κ2) is 9.29. The van der Waals surface area contributed by atoms with E-state index >= 15 is 0 Å². The standard InChI is InChI=1S/C24H23N3O4S2/c1-5-31-24(30)20-17(16-8-6-13(2)7-9-16)11-32-22(20)26-18(28)10-27-12-25-21-19(23(27)29)14(3)15(4)33-21/h6-9,11-12H,5,10H2,1-4H3,(H,26,28). The molecule has 170 valence electrons. The third-order valence-electron chi connectivity index (χ3n) is 5.36. The van der Waals surface area contributed by atoms with E-state index in [9.17, 15) is 14.4 Å². The number of hydrogen-bond donors (Lipinski definition) is 1. The number of benzene rings is 1. The number of aryl methyl sites for hydroxylation is 3. The van der Waals surface area contributed by atoms with Gasteiger partial charge in [0.2, 0.25) is 5.91 Å². The number of amides is 1. The number of aromatic nitrogens is 2. The third kappa shape index (κ3) is 4.46. The highest BCUT2D eigenvalue weighted by atomic mass is 32.1. The van der Waals surface area contributed by atoms with Crippen LogP contribution in [0.5, 0.6) is 0 Å². The maximum atomic E-state index is 12.9. The Morgan fingerprint density at radius 3 is 2.58 bits per heavy atom. The zero-order chi connectivity index (χ0) is 23.7. The normalized spacial score (nSPS) is 11.0. The molecule has 1 N–H and O–H groups in total. The molecule has 3 aromatic heterocycles. The van der Waals surface area contributed by atoms with Gasteiger partial charge in [0.15, 0.2) is 0 Å². The summed E-state index contributed by atoms with van der Waals surface area (Å²) >= 11 is 2.71. The molecule has 4 rings (SSSR count). The average Bonchev–Trinajstić information content (AvgIpc) is 3.32. The van der Waals surface area contributed by atoms with Crippen LogP contribution in [-0.4, -0.2) is 28.0 Å². The number of thiophene rings is 2. The molecule has 0 aliphatic carbocycles. The van der Waals surface area contributed by atoms with Crippen molar-refractivity contribution in [2.75, 3.05) is 11.9 Å². The van der Waals surface area contributed by atoms with Crippen LogP contribution in [0.2, 0.25) is 0 Å². The predicted octanol–water partition coefficient (Wildman–Crippen LogP) is 4.93. The molecule has 7 nitrogen and oxygen atoms in total. The molecule has 4 aromatic rings. The van der Waals surface area contributed by atoms with Gasteiger partial charge in [-0.3, -0.25) is 14.2 Å². The summed E-state index contributed by atoms with van der Waals surface area (Å²) in [5, 5.41) is 5.54. The molecule has 3 heterocycles. The Balaban J connectivity index is 1.64. The van der Waals surface area contributed by atoms with E-state index in [1.54, 1.807) is 6.92 Å². The van der Waals surface area contributed by atoms with Crippen molar-refractivity contribution in [2.24, 2.45) is 0 Å². The van der Waals surface area contributed by atoms with Gasteiger partial charge in [-0.25, -0.2) is 9.78 Å². The van der Waals surface area contributed by atoms with Gasteiger partial charge in [-0.05, 0) is 38.8 Å². The molecule has 0 aliphatic heterocycles. The fourth-order valence-corrected chi connectivity index (χ4v) is 5.47. The minimum atomic E-state index is -0.505. The molecule has 33 heavy (non-hydrogen) atoms. The Labute approximate surface area is 198 Å². The van der Waals surface area contributed by atoms with Crippen molar-refractivity contribution in [2.45, 2.75) is 34.2 Å². The van der Waals surface area contributed by atoms with Crippen molar-refractivity contribution in [3.63, 3.8) is 0 Å². The first-order valence-electron chi connectivity index (χ1n) is 10.4. The Bertz CT molecular complexity index is 1410. The summed E-state index contributed by atoms with van der Waals surface area (Å²) in [4.78, 5) is 44.5. The molecule has 1 amide bonds. The van der Waals surface area contributed by atoms with Crippen LogP contribution in [0.15, 0.2) is 40.8 Å². The number of esters is 1. The van der Waals surface area contributed by atoms with E-state index in [2.05, 4.69) is 10.3 Å². The maximum Gasteiger partial charge on any atom is 0.341 e.